The van der Waals surface area contributed by atoms with E-state index < -0.39 is 0 Å². The van der Waals surface area contributed by atoms with Crippen molar-refractivity contribution in [2.45, 2.75) is 44.7 Å². The Balaban J connectivity index is 0. The number of likely N-dealkylation sites (N-methyl/N-ethyl adjacent to an activating group) is 1. The van der Waals surface area contributed by atoms with Gasteiger partial charge in [-0.15, -0.1) is 37.2 Å². The van der Waals surface area contributed by atoms with Gasteiger partial charge in [-0.3, -0.25) is 9.69 Å². The van der Waals surface area contributed by atoms with E-state index in [1.165, 1.54) is 6.42 Å². The van der Waals surface area contributed by atoms with E-state index >= 15 is 0 Å². The number of halogens is 3. The summed E-state index contributed by atoms with van der Waals surface area (Å²) < 4.78 is 0. The number of rotatable bonds is 5. The summed E-state index contributed by atoms with van der Waals surface area (Å²) in [5.74, 6) is 0.572. The molecule has 1 saturated heterocycles. The third kappa shape index (κ3) is 8.23. The van der Waals surface area contributed by atoms with E-state index in [4.69, 9.17) is 5.73 Å². The summed E-state index contributed by atoms with van der Waals surface area (Å²) in [5.41, 5.74) is 6.02. The first-order valence-corrected chi connectivity index (χ1v) is 8.01. The Labute approximate surface area is 159 Å². The molecule has 2 aliphatic rings. The van der Waals surface area contributed by atoms with Crippen molar-refractivity contribution in [2.24, 2.45) is 11.7 Å². The summed E-state index contributed by atoms with van der Waals surface area (Å²) in [5, 5.41) is 3.09. The SMILES string of the molecule is CC(CNC(=O)C[C@@H]1CCC[C@H]1N)N1CCN(C)CC1.Cl.Cl.Cl. The molecule has 0 aromatic carbocycles. The van der Waals surface area contributed by atoms with Gasteiger partial charge in [0.2, 0.25) is 5.91 Å². The van der Waals surface area contributed by atoms with E-state index in [1.54, 1.807) is 0 Å². The minimum atomic E-state index is 0. The van der Waals surface area contributed by atoms with Crippen LogP contribution in [0.3, 0.4) is 0 Å². The standard InChI is InChI=1S/C15H30N4O.3ClH/c1-12(19-8-6-18(2)7-9-19)11-17-15(20)10-13-4-3-5-14(13)16;;;/h12-14H,3-11,16H2,1-2H3,(H,17,20);3*1H/t12?,13-,14+;;;/m0.../s1. The Morgan fingerprint density at radius 3 is 2.30 bits per heavy atom. The quantitative estimate of drug-likeness (QED) is 0.746. The minimum absolute atomic E-state index is 0. The van der Waals surface area contributed by atoms with Crippen LogP contribution in [0.1, 0.15) is 32.6 Å². The number of piperazine rings is 1. The van der Waals surface area contributed by atoms with Gasteiger partial charge >= 0.3 is 0 Å². The highest BCUT2D eigenvalue weighted by Crippen LogP contribution is 2.26. The van der Waals surface area contributed by atoms with Gasteiger partial charge in [0.05, 0.1) is 0 Å². The maximum absolute atomic E-state index is 12.0. The molecule has 1 amide bonds. The third-order valence-corrected chi connectivity index (χ3v) is 4.92. The highest BCUT2D eigenvalue weighted by atomic mass is 35.5. The second-order valence-electron chi connectivity index (χ2n) is 6.55. The van der Waals surface area contributed by atoms with E-state index in [1.807, 2.05) is 0 Å². The number of nitrogens with zero attached hydrogens (tertiary/aromatic N) is 2. The minimum Gasteiger partial charge on any atom is -0.355 e. The molecule has 1 saturated carbocycles. The lowest BCUT2D eigenvalue weighted by molar-refractivity contribution is -0.122. The highest BCUT2D eigenvalue weighted by molar-refractivity contribution is 5.86. The maximum Gasteiger partial charge on any atom is 0.220 e. The summed E-state index contributed by atoms with van der Waals surface area (Å²) in [6.45, 7) is 7.39. The Kier molecular flexibility index (Phi) is 13.9. The van der Waals surface area contributed by atoms with Crippen LogP contribution in [0.25, 0.3) is 0 Å². The molecular weight excluding hydrogens is 359 g/mol. The zero-order chi connectivity index (χ0) is 14.5. The van der Waals surface area contributed by atoms with Gasteiger partial charge in [-0.25, -0.2) is 0 Å². The highest BCUT2D eigenvalue weighted by Gasteiger charge is 2.26. The predicted octanol–water partition coefficient (Wildman–Crippen LogP) is 1.52. The maximum atomic E-state index is 12.0. The van der Waals surface area contributed by atoms with Crippen LogP contribution in [0.4, 0.5) is 0 Å². The Morgan fingerprint density at radius 2 is 1.78 bits per heavy atom. The Morgan fingerprint density at radius 1 is 1.17 bits per heavy atom. The van der Waals surface area contributed by atoms with Crippen molar-refractivity contribution < 1.29 is 4.79 Å². The molecule has 0 aromatic heterocycles. The summed E-state index contributed by atoms with van der Waals surface area (Å²) in [6, 6.07) is 0.653. The first-order chi connectivity index (χ1) is 9.56. The molecule has 2 fully saturated rings. The van der Waals surface area contributed by atoms with E-state index in [0.717, 1.165) is 45.6 Å². The van der Waals surface area contributed by atoms with Crippen LogP contribution in [0.15, 0.2) is 0 Å². The molecule has 140 valence electrons. The smallest absolute Gasteiger partial charge is 0.220 e. The number of hydrogen-bond acceptors (Lipinski definition) is 4. The van der Waals surface area contributed by atoms with Crippen LogP contribution in [0.2, 0.25) is 0 Å². The number of hydrogen-bond donors (Lipinski definition) is 2. The largest absolute Gasteiger partial charge is 0.355 e. The molecule has 0 aromatic rings. The van der Waals surface area contributed by atoms with E-state index in [2.05, 4.69) is 29.1 Å². The molecule has 23 heavy (non-hydrogen) atoms. The third-order valence-electron chi connectivity index (χ3n) is 4.92. The van der Waals surface area contributed by atoms with Gasteiger partial charge in [0.25, 0.3) is 0 Å². The van der Waals surface area contributed by atoms with E-state index in [-0.39, 0.29) is 49.2 Å². The Bertz CT molecular complexity index is 328. The van der Waals surface area contributed by atoms with Crippen molar-refractivity contribution in [3.8, 4) is 0 Å². The zero-order valence-corrected chi connectivity index (χ0v) is 16.7. The predicted molar refractivity (Wildman–Crippen MR) is 103 cm³/mol. The van der Waals surface area contributed by atoms with Crippen LogP contribution >= 0.6 is 37.2 Å². The molecule has 1 aliphatic heterocycles. The molecule has 1 unspecified atom stereocenters. The van der Waals surface area contributed by atoms with Crippen molar-refractivity contribution >= 4 is 43.1 Å². The van der Waals surface area contributed by atoms with Crippen LogP contribution in [0, 0.1) is 5.92 Å². The molecule has 1 aliphatic carbocycles. The fourth-order valence-electron chi connectivity index (χ4n) is 3.28. The number of nitrogens with one attached hydrogen (secondary N) is 1. The van der Waals surface area contributed by atoms with Crippen molar-refractivity contribution in [2.75, 3.05) is 39.8 Å². The van der Waals surface area contributed by atoms with Crippen molar-refractivity contribution in [3.63, 3.8) is 0 Å². The first-order valence-electron chi connectivity index (χ1n) is 8.01. The van der Waals surface area contributed by atoms with E-state index in [0.29, 0.717) is 18.4 Å². The van der Waals surface area contributed by atoms with Crippen LogP contribution in [-0.4, -0.2) is 67.6 Å². The van der Waals surface area contributed by atoms with Gasteiger partial charge in [-0.2, -0.15) is 0 Å². The summed E-state index contributed by atoms with van der Waals surface area (Å²) in [7, 11) is 2.16. The average Bonchev–Trinajstić information content (AvgIpc) is 2.82. The van der Waals surface area contributed by atoms with Gasteiger partial charge in [0, 0.05) is 51.2 Å². The fraction of sp³-hybridized carbons (Fsp3) is 0.933. The number of carbonyl (C=O) groups excluding carboxylic acids is 1. The van der Waals surface area contributed by atoms with Crippen molar-refractivity contribution in [1.29, 1.82) is 0 Å². The van der Waals surface area contributed by atoms with Crippen molar-refractivity contribution in [3.05, 3.63) is 0 Å². The van der Waals surface area contributed by atoms with Gasteiger partial charge in [0.1, 0.15) is 0 Å². The van der Waals surface area contributed by atoms with Crippen molar-refractivity contribution in [1.82, 2.24) is 15.1 Å². The summed E-state index contributed by atoms with van der Waals surface area (Å²) >= 11 is 0. The lowest BCUT2D eigenvalue weighted by Gasteiger charge is -2.36. The van der Waals surface area contributed by atoms with Gasteiger partial charge in [0.15, 0.2) is 0 Å². The zero-order valence-electron chi connectivity index (χ0n) is 14.2. The topological polar surface area (TPSA) is 61.6 Å². The van der Waals surface area contributed by atoms with Crippen LogP contribution < -0.4 is 11.1 Å². The lowest BCUT2D eigenvalue weighted by Crippen LogP contribution is -2.51. The molecule has 3 N–H and O–H groups in total. The lowest BCUT2D eigenvalue weighted by atomic mass is 10.00. The first kappa shape index (κ1) is 25.5. The second kappa shape index (κ2) is 12.6. The molecule has 0 spiro atoms. The molecule has 0 radical (unpaired) electrons. The molecule has 2 rings (SSSR count). The normalized spacial score (nSPS) is 26.4. The second-order valence-corrected chi connectivity index (χ2v) is 6.55. The number of carbonyl (C=O) groups is 1. The van der Waals surface area contributed by atoms with Crippen LogP contribution in [0.5, 0.6) is 0 Å². The van der Waals surface area contributed by atoms with Crippen LogP contribution in [-0.2, 0) is 4.79 Å². The fourth-order valence-corrected chi connectivity index (χ4v) is 3.28. The van der Waals surface area contributed by atoms with E-state index in [9.17, 15) is 4.79 Å². The molecule has 5 nitrogen and oxygen atoms in total. The Hall–Kier alpha value is 0.220. The number of amides is 1. The summed E-state index contributed by atoms with van der Waals surface area (Å²) in [4.78, 5) is 16.8. The van der Waals surface area contributed by atoms with Gasteiger partial charge < -0.3 is 16.0 Å². The molecule has 1 heterocycles. The molecule has 3 atom stereocenters. The van der Waals surface area contributed by atoms with Gasteiger partial charge in [-0.05, 0) is 32.7 Å². The van der Waals surface area contributed by atoms with Gasteiger partial charge in [-0.1, -0.05) is 6.42 Å². The monoisotopic (exact) mass is 390 g/mol. The molecular formula is C15H33Cl3N4O. The summed E-state index contributed by atoms with van der Waals surface area (Å²) in [6.07, 6.45) is 3.98. The molecule has 0 bridgehead atoms. The molecule has 8 heteroatoms. The average molecular weight is 392 g/mol. The number of nitrogens with two attached hydrogens (primary N) is 1.